The van der Waals surface area contributed by atoms with E-state index >= 15 is 0 Å². The first-order valence-electron chi connectivity index (χ1n) is 6.05. The molecule has 1 amide bonds. The van der Waals surface area contributed by atoms with Gasteiger partial charge in [0, 0.05) is 0 Å². The predicted octanol–water partition coefficient (Wildman–Crippen LogP) is 4.44. The summed E-state index contributed by atoms with van der Waals surface area (Å²) in [5.74, 6) is 0. The normalized spacial score (nSPS) is 11.2. The predicted molar refractivity (Wildman–Crippen MR) is 65.9 cm³/mol. The average molecular weight is 275 g/mol. The van der Waals surface area contributed by atoms with Crippen LogP contribution in [0, 0.1) is 0 Å². The second-order valence-electron chi connectivity index (χ2n) is 4.01. The molecule has 6 heteroatoms. The number of unbranched alkanes of at least 4 members (excludes halogenated alkanes) is 2. The van der Waals surface area contributed by atoms with E-state index in [0.717, 1.165) is 18.9 Å². The van der Waals surface area contributed by atoms with Crippen molar-refractivity contribution in [3.8, 4) is 0 Å². The zero-order chi connectivity index (χ0) is 14.3. The van der Waals surface area contributed by atoms with E-state index in [-0.39, 0.29) is 12.3 Å². The van der Waals surface area contributed by atoms with E-state index < -0.39 is 17.8 Å². The molecule has 1 aromatic carbocycles. The Hall–Kier alpha value is -1.72. The van der Waals surface area contributed by atoms with Gasteiger partial charge >= 0.3 is 12.3 Å². The van der Waals surface area contributed by atoms with Crippen molar-refractivity contribution < 1.29 is 22.7 Å². The Morgan fingerprint density at radius 2 is 1.95 bits per heavy atom. The van der Waals surface area contributed by atoms with Gasteiger partial charge in [0.2, 0.25) is 0 Å². The number of anilines is 1. The molecule has 0 saturated heterocycles. The molecule has 1 rings (SSSR count). The molecule has 1 N–H and O–H groups in total. The van der Waals surface area contributed by atoms with Gasteiger partial charge in [-0.2, -0.15) is 13.2 Å². The number of rotatable bonds is 5. The Bertz CT molecular complexity index is 419. The van der Waals surface area contributed by atoms with Crippen molar-refractivity contribution in [3.05, 3.63) is 29.8 Å². The molecular weight excluding hydrogens is 259 g/mol. The number of amides is 1. The van der Waals surface area contributed by atoms with Crippen LogP contribution in [0.15, 0.2) is 24.3 Å². The van der Waals surface area contributed by atoms with Gasteiger partial charge < -0.3 is 4.74 Å². The first-order valence-corrected chi connectivity index (χ1v) is 6.05. The average Bonchev–Trinajstić information content (AvgIpc) is 2.34. The van der Waals surface area contributed by atoms with Gasteiger partial charge in [-0.3, -0.25) is 5.32 Å². The minimum absolute atomic E-state index is 0.202. The first-order chi connectivity index (χ1) is 8.95. The zero-order valence-corrected chi connectivity index (χ0v) is 10.6. The van der Waals surface area contributed by atoms with Crippen LogP contribution in [0.1, 0.15) is 31.7 Å². The van der Waals surface area contributed by atoms with E-state index in [1.807, 2.05) is 6.92 Å². The van der Waals surface area contributed by atoms with Gasteiger partial charge in [0.05, 0.1) is 17.9 Å². The fraction of sp³-hybridized carbons (Fsp3) is 0.462. The quantitative estimate of drug-likeness (QED) is 0.806. The van der Waals surface area contributed by atoms with Crippen LogP contribution in [-0.2, 0) is 10.9 Å². The van der Waals surface area contributed by atoms with Gasteiger partial charge in [0.25, 0.3) is 0 Å². The number of ether oxygens (including phenoxy) is 1. The summed E-state index contributed by atoms with van der Waals surface area (Å²) in [7, 11) is 0. The number of alkyl halides is 3. The summed E-state index contributed by atoms with van der Waals surface area (Å²) in [4.78, 5) is 11.4. The van der Waals surface area contributed by atoms with Crippen molar-refractivity contribution in [2.24, 2.45) is 0 Å². The largest absolute Gasteiger partial charge is 0.449 e. The summed E-state index contributed by atoms with van der Waals surface area (Å²) in [6.07, 6.45) is -2.79. The molecule has 0 spiro atoms. The van der Waals surface area contributed by atoms with Crippen LogP contribution in [0.4, 0.5) is 23.7 Å². The Labute approximate surface area is 109 Å². The Morgan fingerprint density at radius 1 is 1.26 bits per heavy atom. The van der Waals surface area contributed by atoms with Crippen molar-refractivity contribution in [1.82, 2.24) is 0 Å². The van der Waals surface area contributed by atoms with E-state index in [2.05, 4.69) is 5.32 Å². The molecule has 0 bridgehead atoms. The number of hydrogen-bond acceptors (Lipinski definition) is 2. The van der Waals surface area contributed by atoms with Crippen LogP contribution < -0.4 is 5.32 Å². The van der Waals surface area contributed by atoms with Gasteiger partial charge in [-0.1, -0.05) is 31.9 Å². The molecule has 1 aromatic rings. The molecule has 3 nitrogen and oxygen atoms in total. The van der Waals surface area contributed by atoms with E-state index in [0.29, 0.717) is 6.42 Å². The lowest BCUT2D eigenvalue weighted by molar-refractivity contribution is -0.136. The summed E-state index contributed by atoms with van der Waals surface area (Å²) < 4.78 is 42.8. The highest BCUT2D eigenvalue weighted by Gasteiger charge is 2.33. The monoisotopic (exact) mass is 275 g/mol. The summed E-state index contributed by atoms with van der Waals surface area (Å²) in [5, 5.41) is 2.11. The van der Waals surface area contributed by atoms with Crippen LogP contribution in [0.25, 0.3) is 0 Å². The number of carbonyl (C=O) groups is 1. The molecule has 0 heterocycles. The van der Waals surface area contributed by atoms with E-state index in [1.165, 1.54) is 18.2 Å². The standard InChI is InChI=1S/C13H16F3NO2/c1-2-3-6-9-19-12(18)17-11-8-5-4-7-10(11)13(14,15)16/h4-5,7-8H,2-3,6,9H2,1H3,(H,17,18). The fourth-order valence-electron chi connectivity index (χ4n) is 1.50. The van der Waals surface area contributed by atoms with E-state index in [9.17, 15) is 18.0 Å². The van der Waals surface area contributed by atoms with E-state index in [1.54, 1.807) is 0 Å². The maximum absolute atomic E-state index is 12.7. The topological polar surface area (TPSA) is 38.3 Å². The van der Waals surface area contributed by atoms with Crippen molar-refractivity contribution in [1.29, 1.82) is 0 Å². The molecule has 0 radical (unpaired) electrons. The van der Waals surface area contributed by atoms with Gasteiger partial charge in [0.15, 0.2) is 0 Å². The molecule has 0 unspecified atom stereocenters. The van der Waals surface area contributed by atoms with Gasteiger partial charge in [-0.15, -0.1) is 0 Å². The first kappa shape index (κ1) is 15.3. The maximum atomic E-state index is 12.7. The molecule has 0 aliphatic rings. The second-order valence-corrected chi connectivity index (χ2v) is 4.01. The third-order valence-corrected chi connectivity index (χ3v) is 2.45. The van der Waals surface area contributed by atoms with Crippen molar-refractivity contribution in [3.63, 3.8) is 0 Å². The summed E-state index contributed by atoms with van der Waals surface area (Å²) in [6, 6.07) is 4.78. The molecule has 106 valence electrons. The highest BCUT2D eigenvalue weighted by Crippen LogP contribution is 2.34. The Kier molecular flexibility index (Phi) is 5.66. The minimum atomic E-state index is -4.51. The van der Waals surface area contributed by atoms with Crippen LogP contribution in [0.5, 0.6) is 0 Å². The Balaban J connectivity index is 2.59. The third-order valence-electron chi connectivity index (χ3n) is 2.45. The third kappa shape index (κ3) is 5.19. The van der Waals surface area contributed by atoms with Crippen LogP contribution >= 0.6 is 0 Å². The van der Waals surface area contributed by atoms with Crippen molar-refractivity contribution in [2.75, 3.05) is 11.9 Å². The molecular formula is C13H16F3NO2. The molecule has 0 atom stereocenters. The number of para-hydroxylation sites is 1. The van der Waals surface area contributed by atoms with Crippen molar-refractivity contribution >= 4 is 11.8 Å². The minimum Gasteiger partial charge on any atom is -0.449 e. The lowest BCUT2D eigenvalue weighted by Crippen LogP contribution is -2.18. The molecule has 0 aromatic heterocycles. The Morgan fingerprint density at radius 3 is 2.58 bits per heavy atom. The summed E-state index contributed by atoms with van der Waals surface area (Å²) in [5.41, 5.74) is -1.18. The van der Waals surface area contributed by atoms with Crippen LogP contribution in [-0.4, -0.2) is 12.7 Å². The molecule has 0 aliphatic heterocycles. The van der Waals surface area contributed by atoms with Gasteiger partial charge in [-0.05, 0) is 18.6 Å². The van der Waals surface area contributed by atoms with E-state index in [4.69, 9.17) is 4.74 Å². The number of benzene rings is 1. The molecule has 0 aliphatic carbocycles. The van der Waals surface area contributed by atoms with Crippen LogP contribution in [0.3, 0.4) is 0 Å². The highest BCUT2D eigenvalue weighted by atomic mass is 19.4. The number of hydrogen-bond donors (Lipinski definition) is 1. The van der Waals surface area contributed by atoms with Gasteiger partial charge in [-0.25, -0.2) is 4.79 Å². The fourth-order valence-corrected chi connectivity index (χ4v) is 1.50. The molecule has 19 heavy (non-hydrogen) atoms. The lowest BCUT2D eigenvalue weighted by Gasteiger charge is -2.13. The van der Waals surface area contributed by atoms with Crippen molar-refractivity contribution in [2.45, 2.75) is 32.4 Å². The molecule has 0 fully saturated rings. The smallest absolute Gasteiger partial charge is 0.418 e. The van der Waals surface area contributed by atoms with Crippen LogP contribution in [0.2, 0.25) is 0 Å². The second kappa shape index (κ2) is 7.01. The maximum Gasteiger partial charge on any atom is 0.418 e. The SMILES string of the molecule is CCCCCOC(=O)Nc1ccccc1C(F)(F)F. The lowest BCUT2D eigenvalue weighted by atomic mass is 10.2. The highest BCUT2D eigenvalue weighted by molar-refractivity contribution is 5.85. The zero-order valence-electron chi connectivity index (χ0n) is 10.6. The van der Waals surface area contributed by atoms with Gasteiger partial charge in [0.1, 0.15) is 0 Å². The number of nitrogens with one attached hydrogen (secondary N) is 1. The molecule has 0 saturated carbocycles. The number of carbonyl (C=O) groups excluding carboxylic acids is 1. The number of halogens is 3. The summed E-state index contributed by atoms with van der Waals surface area (Å²) in [6.45, 7) is 2.20. The summed E-state index contributed by atoms with van der Waals surface area (Å²) >= 11 is 0.